The van der Waals surface area contributed by atoms with Crippen LogP contribution < -0.4 is 0 Å². The van der Waals surface area contributed by atoms with Crippen molar-refractivity contribution in [2.75, 3.05) is 13.2 Å². The zero-order chi connectivity index (χ0) is 15.7. The fraction of sp³-hybridized carbons (Fsp3) is 0.611. The average molecular weight is 302 g/mol. The first-order chi connectivity index (χ1) is 10.5. The molecule has 2 aliphatic heterocycles. The lowest BCUT2D eigenvalue weighted by molar-refractivity contribution is -0.140. The lowest BCUT2D eigenvalue weighted by atomic mass is 9.84. The molecule has 2 heterocycles. The SMILES string of the molecule is C#CCOC/C1=C/CC[C@@]2(C)O[C@H]2[C@H]2OC(=O)C(=C)[C@@H]2CC1. The third-order valence-electron chi connectivity index (χ3n) is 4.91. The summed E-state index contributed by atoms with van der Waals surface area (Å²) < 4.78 is 16.9. The van der Waals surface area contributed by atoms with E-state index in [1.54, 1.807) is 0 Å². The number of allylic oxidation sites excluding steroid dienone is 1. The molecule has 2 fully saturated rings. The van der Waals surface area contributed by atoms with E-state index in [1.807, 2.05) is 0 Å². The average Bonchev–Trinajstić information content (AvgIpc) is 3.07. The second-order valence-corrected chi connectivity index (χ2v) is 6.49. The summed E-state index contributed by atoms with van der Waals surface area (Å²) in [7, 11) is 0. The van der Waals surface area contributed by atoms with Crippen molar-refractivity contribution in [2.24, 2.45) is 5.92 Å². The van der Waals surface area contributed by atoms with Crippen LogP contribution in [-0.2, 0) is 19.0 Å². The van der Waals surface area contributed by atoms with Crippen LogP contribution in [0.4, 0.5) is 0 Å². The normalized spacial score (nSPS) is 39.8. The molecule has 2 saturated heterocycles. The van der Waals surface area contributed by atoms with E-state index in [4.69, 9.17) is 20.6 Å². The van der Waals surface area contributed by atoms with Gasteiger partial charge < -0.3 is 14.2 Å². The highest BCUT2D eigenvalue weighted by molar-refractivity contribution is 5.91. The Balaban J connectivity index is 1.74. The van der Waals surface area contributed by atoms with Gasteiger partial charge >= 0.3 is 5.97 Å². The van der Waals surface area contributed by atoms with Crippen molar-refractivity contribution in [1.82, 2.24) is 0 Å². The van der Waals surface area contributed by atoms with Crippen LogP contribution in [0.2, 0.25) is 0 Å². The minimum Gasteiger partial charge on any atom is -0.455 e. The summed E-state index contributed by atoms with van der Waals surface area (Å²) in [5, 5.41) is 0. The maximum absolute atomic E-state index is 11.9. The Morgan fingerprint density at radius 1 is 1.59 bits per heavy atom. The molecule has 4 nitrogen and oxygen atoms in total. The van der Waals surface area contributed by atoms with E-state index >= 15 is 0 Å². The Hall–Kier alpha value is -1.57. The Labute approximate surface area is 131 Å². The molecule has 1 aliphatic carbocycles. The van der Waals surface area contributed by atoms with Crippen LogP contribution in [0.25, 0.3) is 0 Å². The Morgan fingerprint density at radius 3 is 3.18 bits per heavy atom. The number of hydrogen-bond donors (Lipinski definition) is 0. The Bertz CT molecular complexity index is 556. The predicted octanol–water partition coefficient (Wildman–Crippen LogP) is 2.39. The van der Waals surface area contributed by atoms with Crippen LogP contribution in [0, 0.1) is 18.3 Å². The summed E-state index contributed by atoms with van der Waals surface area (Å²) in [5.41, 5.74) is 1.61. The monoisotopic (exact) mass is 302 g/mol. The van der Waals surface area contributed by atoms with E-state index in [1.165, 1.54) is 5.57 Å². The van der Waals surface area contributed by atoms with Crippen molar-refractivity contribution in [3.63, 3.8) is 0 Å². The van der Waals surface area contributed by atoms with Crippen molar-refractivity contribution in [2.45, 2.75) is 50.4 Å². The van der Waals surface area contributed by atoms with Crippen molar-refractivity contribution in [3.05, 3.63) is 23.8 Å². The lowest BCUT2D eigenvalue weighted by Crippen LogP contribution is -2.29. The van der Waals surface area contributed by atoms with E-state index in [9.17, 15) is 4.79 Å². The minimum atomic E-state index is -0.277. The van der Waals surface area contributed by atoms with Gasteiger partial charge in [-0.3, -0.25) is 0 Å². The molecule has 118 valence electrons. The third kappa shape index (κ3) is 2.84. The molecule has 0 radical (unpaired) electrons. The van der Waals surface area contributed by atoms with Crippen molar-refractivity contribution < 1.29 is 19.0 Å². The topological polar surface area (TPSA) is 48.1 Å². The molecule has 0 aromatic heterocycles. The van der Waals surface area contributed by atoms with Crippen LogP contribution in [-0.4, -0.2) is 37.0 Å². The molecule has 0 aromatic rings. The van der Waals surface area contributed by atoms with Gasteiger partial charge in [-0.25, -0.2) is 4.79 Å². The molecular formula is C18H22O4. The Morgan fingerprint density at radius 2 is 2.41 bits per heavy atom. The highest BCUT2D eigenvalue weighted by Gasteiger charge is 2.61. The number of carbonyl (C=O) groups excluding carboxylic acids is 1. The van der Waals surface area contributed by atoms with Gasteiger partial charge in [0.15, 0.2) is 0 Å². The summed E-state index contributed by atoms with van der Waals surface area (Å²) >= 11 is 0. The first-order valence-electron chi connectivity index (χ1n) is 7.82. The standard InChI is InChI=1S/C18H22O4/c1-4-10-20-11-13-6-5-9-18(3)16(22-18)15-14(8-7-13)12(2)17(19)21-15/h1,6,14-16H,2,5,7-11H2,3H3/b13-6+/t14-,15-,16-,18+/m0/s1. The van der Waals surface area contributed by atoms with Gasteiger partial charge in [0.2, 0.25) is 0 Å². The van der Waals surface area contributed by atoms with Crippen LogP contribution in [0.15, 0.2) is 23.8 Å². The van der Waals surface area contributed by atoms with Crippen LogP contribution in [0.5, 0.6) is 0 Å². The summed E-state index contributed by atoms with van der Waals surface area (Å²) in [5.74, 6) is 2.24. The number of esters is 1. The molecule has 3 aliphatic rings. The summed E-state index contributed by atoms with van der Waals surface area (Å²) in [4.78, 5) is 11.9. The van der Waals surface area contributed by atoms with Crippen LogP contribution in [0.3, 0.4) is 0 Å². The number of rotatable bonds is 3. The number of hydrogen-bond acceptors (Lipinski definition) is 4. The lowest BCUT2D eigenvalue weighted by Gasteiger charge is -2.20. The van der Waals surface area contributed by atoms with E-state index in [0.29, 0.717) is 18.8 Å². The number of terminal acetylenes is 1. The molecule has 4 atom stereocenters. The van der Waals surface area contributed by atoms with Gasteiger partial charge in [-0.15, -0.1) is 6.42 Å². The van der Waals surface area contributed by atoms with Crippen LogP contribution in [0.1, 0.15) is 32.6 Å². The zero-order valence-corrected chi connectivity index (χ0v) is 13.0. The highest BCUT2D eigenvalue weighted by Crippen LogP contribution is 2.49. The molecule has 0 saturated carbocycles. The summed E-state index contributed by atoms with van der Waals surface area (Å²) in [6.45, 7) is 6.87. The summed E-state index contributed by atoms with van der Waals surface area (Å²) in [6, 6.07) is 0. The fourth-order valence-electron chi connectivity index (χ4n) is 3.49. The molecule has 0 N–H and O–H groups in total. The van der Waals surface area contributed by atoms with Gasteiger partial charge in [-0.05, 0) is 38.2 Å². The largest absolute Gasteiger partial charge is 0.455 e. The second-order valence-electron chi connectivity index (χ2n) is 6.49. The number of epoxide rings is 1. The second kappa shape index (κ2) is 5.91. The molecule has 0 spiro atoms. The zero-order valence-electron chi connectivity index (χ0n) is 13.0. The molecule has 0 aromatic carbocycles. The first kappa shape index (κ1) is 15.3. The molecule has 4 heteroatoms. The van der Waals surface area contributed by atoms with Gasteiger partial charge in [0.25, 0.3) is 0 Å². The molecule has 0 unspecified atom stereocenters. The number of carbonyl (C=O) groups is 1. The van der Waals surface area contributed by atoms with E-state index in [2.05, 4.69) is 25.5 Å². The Kier molecular flexibility index (Phi) is 4.12. The highest BCUT2D eigenvalue weighted by atomic mass is 16.6. The fourth-order valence-corrected chi connectivity index (χ4v) is 3.49. The van der Waals surface area contributed by atoms with Gasteiger partial charge in [0, 0.05) is 11.5 Å². The maximum Gasteiger partial charge on any atom is 0.334 e. The van der Waals surface area contributed by atoms with Crippen LogP contribution >= 0.6 is 0 Å². The third-order valence-corrected chi connectivity index (χ3v) is 4.91. The quantitative estimate of drug-likeness (QED) is 0.201. The number of fused-ring (bicyclic) bond motifs is 3. The van der Waals surface area contributed by atoms with Gasteiger partial charge in [-0.1, -0.05) is 18.6 Å². The van der Waals surface area contributed by atoms with Gasteiger partial charge in [-0.2, -0.15) is 0 Å². The molecule has 0 bridgehead atoms. The van der Waals surface area contributed by atoms with E-state index in [0.717, 1.165) is 25.7 Å². The predicted molar refractivity (Wildman–Crippen MR) is 82.0 cm³/mol. The minimum absolute atomic E-state index is 0.00772. The smallest absolute Gasteiger partial charge is 0.334 e. The molecule has 22 heavy (non-hydrogen) atoms. The summed E-state index contributed by atoms with van der Waals surface area (Å²) in [6.07, 6.45) is 10.8. The van der Waals surface area contributed by atoms with Crippen molar-refractivity contribution in [1.29, 1.82) is 0 Å². The molecule has 0 amide bonds. The first-order valence-corrected chi connectivity index (χ1v) is 7.82. The van der Waals surface area contributed by atoms with Gasteiger partial charge in [0.1, 0.15) is 18.8 Å². The van der Waals surface area contributed by atoms with E-state index in [-0.39, 0.29) is 29.7 Å². The van der Waals surface area contributed by atoms with Crippen molar-refractivity contribution >= 4 is 5.97 Å². The van der Waals surface area contributed by atoms with Gasteiger partial charge in [0.05, 0.1) is 12.2 Å². The number of ether oxygens (including phenoxy) is 3. The maximum atomic E-state index is 11.9. The van der Waals surface area contributed by atoms with Crippen molar-refractivity contribution in [3.8, 4) is 12.3 Å². The van der Waals surface area contributed by atoms with E-state index < -0.39 is 0 Å². The molecule has 3 rings (SSSR count). The molecular weight excluding hydrogens is 280 g/mol.